The molecule has 164 valence electrons. The molecule has 0 unspecified atom stereocenters. The van der Waals surface area contributed by atoms with Crippen molar-refractivity contribution in [3.05, 3.63) is 102 Å². The molecule has 3 aromatic carbocycles. The molecule has 31 heavy (non-hydrogen) atoms. The van der Waals surface area contributed by atoms with E-state index in [-0.39, 0.29) is 10.9 Å². The van der Waals surface area contributed by atoms with Crippen LogP contribution < -0.4 is 0 Å². The summed E-state index contributed by atoms with van der Waals surface area (Å²) >= 11 is 1.85. The van der Waals surface area contributed by atoms with Gasteiger partial charge in [-0.3, -0.25) is 0 Å². The van der Waals surface area contributed by atoms with Crippen molar-refractivity contribution < 1.29 is 25.2 Å². The second-order valence-corrected chi connectivity index (χ2v) is 11.4. The summed E-state index contributed by atoms with van der Waals surface area (Å²) < 4.78 is 60.6. The molecule has 0 atom stereocenters. The van der Waals surface area contributed by atoms with Crippen LogP contribution in [0.3, 0.4) is 0 Å². The Labute approximate surface area is 182 Å². The molecule has 0 saturated carbocycles. The van der Waals surface area contributed by atoms with Crippen molar-refractivity contribution in [1.82, 2.24) is 0 Å². The van der Waals surface area contributed by atoms with Gasteiger partial charge in [0, 0.05) is 5.56 Å². The van der Waals surface area contributed by atoms with Crippen LogP contribution in [0.2, 0.25) is 0 Å². The third-order valence-electron chi connectivity index (χ3n) is 3.86. The van der Waals surface area contributed by atoms with Gasteiger partial charge < -0.3 is 0 Å². The molecule has 0 aliphatic carbocycles. The van der Waals surface area contributed by atoms with Gasteiger partial charge in [-0.05, 0) is 41.3 Å². The molecule has 1 aromatic heterocycles. The SMILES string of the molecule is F[P-](F)(F)(F)(F)F.c1ccc(-c2ccsc2[S+](c2ccccc2)c2ccccc2)cc1. The van der Waals surface area contributed by atoms with Gasteiger partial charge in [0.1, 0.15) is 10.9 Å². The van der Waals surface area contributed by atoms with E-state index in [1.165, 1.54) is 25.1 Å². The van der Waals surface area contributed by atoms with Crippen LogP contribution in [0.15, 0.2) is 116 Å². The molecule has 0 fully saturated rings. The van der Waals surface area contributed by atoms with E-state index in [1.807, 2.05) is 11.3 Å². The Morgan fingerprint density at radius 1 is 0.548 bits per heavy atom. The molecule has 0 aliphatic heterocycles. The Kier molecular flexibility index (Phi) is 6.29. The standard InChI is InChI=1S/C22H17S2.F6P/c1-4-10-18(11-5-1)21-16-17-23-22(21)24(19-12-6-2-7-13-19)20-14-8-3-9-15-20;1-7(2,3,4,5)6/h1-17H;/q+1;-1. The first-order valence-electron chi connectivity index (χ1n) is 8.92. The molecule has 0 spiro atoms. The number of benzene rings is 3. The molecule has 0 radical (unpaired) electrons. The van der Waals surface area contributed by atoms with E-state index in [9.17, 15) is 25.2 Å². The minimum absolute atomic E-state index is 0.0770. The van der Waals surface area contributed by atoms with E-state index in [4.69, 9.17) is 0 Å². The first-order chi connectivity index (χ1) is 14.4. The van der Waals surface area contributed by atoms with E-state index in [1.54, 1.807) is 0 Å². The van der Waals surface area contributed by atoms with Gasteiger partial charge in [0.15, 0.2) is 9.79 Å². The van der Waals surface area contributed by atoms with Crippen LogP contribution in [-0.4, -0.2) is 0 Å². The Morgan fingerprint density at radius 2 is 0.935 bits per heavy atom. The zero-order chi connectivity index (χ0) is 22.6. The largest absolute Gasteiger partial charge is 0.228 e. The fourth-order valence-corrected chi connectivity index (χ4v) is 6.48. The molecule has 0 saturated heterocycles. The summed E-state index contributed by atoms with van der Waals surface area (Å²) in [5.74, 6) is 0. The van der Waals surface area contributed by atoms with Gasteiger partial charge in [0.2, 0.25) is 4.21 Å². The maximum atomic E-state index is 9.87. The molecule has 0 nitrogen and oxygen atoms in total. The van der Waals surface area contributed by atoms with Crippen LogP contribution in [0, 0.1) is 0 Å². The van der Waals surface area contributed by atoms with Crippen molar-refractivity contribution in [2.24, 2.45) is 0 Å². The summed E-state index contributed by atoms with van der Waals surface area (Å²) in [5, 5.41) is 2.21. The van der Waals surface area contributed by atoms with Crippen LogP contribution in [0.4, 0.5) is 25.2 Å². The summed E-state index contributed by atoms with van der Waals surface area (Å²) in [6.07, 6.45) is 0. The molecule has 9 heteroatoms. The van der Waals surface area contributed by atoms with Gasteiger partial charge in [0.25, 0.3) is 0 Å². The molecule has 4 aromatic rings. The monoisotopic (exact) mass is 490 g/mol. The Bertz CT molecular complexity index is 1060. The number of thiophene rings is 1. The minimum atomic E-state index is -10.7. The van der Waals surface area contributed by atoms with Crippen molar-refractivity contribution in [2.45, 2.75) is 14.0 Å². The van der Waals surface area contributed by atoms with E-state index in [0.717, 1.165) is 0 Å². The summed E-state index contributed by atoms with van der Waals surface area (Å²) in [7, 11) is -10.7. The summed E-state index contributed by atoms with van der Waals surface area (Å²) in [6, 6.07) is 34.6. The predicted octanol–water partition coefficient (Wildman–Crippen LogP) is 9.89. The molecule has 0 N–H and O–H groups in total. The summed E-state index contributed by atoms with van der Waals surface area (Å²) in [5.41, 5.74) is 2.63. The predicted molar refractivity (Wildman–Crippen MR) is 118 cm³/mol. The quantitative estimate of drug-likeness (QED) is 0.152. The number of hydrogen-bond acceptors (Lipinski definition) is 1. The fraction of sp³-hybridized carbons (Fsp3) is 0. The zero-order valence-electron chi connectivity index (χ0n) is 15.8. The van der Waals surface area contributed by atoms with Crippen LogP contribution in [0.25, 0.3) is 11.1 Å². The topological polar surface area (TPSA) is 0 Å². The van der Waals surface area contributed by atoms with Crippen molar-refractivity contribution in [2.75, 3.05) is 0 Å². The first-order valence-corrected chi connectivity index (χ1v) is 13.1. The van der Waals surface area contributed by atoms with Gasteiger partial charge in [-0.25, -0.2) is 0 Å². The molecule has 1 heterocycles. The third-order valence-corrected chi connectivity index (χ3v) is 7.43. The Balaban J connectivity index is 0.000000339. The fourth-order valence-electron chi connectivity index (χ4n) is 2.75. The van der Waals surface area contributed by atoms with Crippen LogP contribution in [-0.2, 0) is 10.9 Å². The van der Waals surface area contributed by atoms with Crippen molar-refractivity contribution >= 4 is 30.0 Å². The summed E-state index contributed by atoms with van der Waals surface area (Å²) in [6.45, 7) is 0. The van der Waals surface area contributed by atoms with Gasteiger partial charge in [-0.15, -0.1) is 0 Å². The van der Waals surface area contributed by atoms with Crippen LogP contribution in [0.5, 0.6) is 0 Å². The second kappa shape index (κ2) is 8.34. The maximum absolute atomic E-state index is 10.7. The minimum Gasteiger partial charge on any atom is -0.0929 e. The molecular weight excluding hydrogens is 473 g/mol. The smallest absolute Gasteiger partial charge is 0.0929 e. The Hall–Kier alpha value is -2.28. The van der Waals surface area contributed by atoms with Gasteiger partial charge in [-0.2, -0.15) is 0 Å². The molecule has 4 rings (SSSR count). The van der Waals surface area contributed by atoms with Crippen molar-refractivity contribution in [3.63, 3.8) is 0 Å². The number of halogens is 6. The normalized spacial score (nSPS) is 13.6. The van der Waals surface area contributed by atoms with E-state index >= 15 is 0 Å². The maximum Gasteiger partial charge on any atom is 0.228 e. The van der Waals surface area contributed by atoms with Crippen molar-refractivity contribution in [3.8, 4) is 11.1 Å². The number of hydrogen-bond donors (Lipinski definition) is 0. The van der Waals surface area contributed by atoms with Crippen LogP contribution >= 0.6 is 19.1 Å². The van der Waals surface area contributed by atoms with Gasteiger partial charge >= 0.3 is 33.0 Å². The van der Waals surface area contributed by atoms with E-state index < -0.39 is 7.81 Å². The van der Waals surface area contributed by atoms with Crippen molar-refractivity contribution in [1.29, 1.82) is 0 Å². The average Bonchev–Trinajstić information content (AvgIpc) is 3.17. The average molecular weight is 490 g/mol. The number of rotatable bonds is 4. The molecule has 0 aliphatic rings. The van der Waals surface area contributed by atoms with E-state index in [0.29, 0.717) is 0 Å². The van der Waals surface area contributed by atoms with Gasteiger partial charge in [-0.1, -0.05) is 78.1 Å². The Morgan fingerprint density at radius 3 is 1.35 bits per heavy atom. The molecule has 0 bridgehead atoms. The second-order valence-electron chi connectivity index (χ2n) is 6.38. The third kappa shape index (κ3) is 8.05. The molecular formula is C22H17F6PS2. The molecule has 0 amide bonds. The first kappa shape index (κ1) is 23.4. The van der Waals surface area contributed by atoms with Crippen LogP contribution in [0.1, 0.15) is 0 Å². The summed E-state index contributed by atoms with van der Waals surface area (Å²) in [4.78, 5) is 2.73. The zero-order valence-corrected chi connectivity index (χ0v) is 18.4. The van der Waals surface area contributed by atoms with Gasteiger partial charge in [0.05, 0.1) is 0 Å². The van der Waals surface area contributed by atoms with E-state index in [2.05, 4.69) is 102 Å².